The van der Waals surface area contributed by atoms with E-state index in [1.807, 2.05) is 25.1 Å². The van der Waals surface area contributed by atoms with Crippen molar-refractivity contribution < 1.29 is 9.59 Å². The lowest BCUT2D eigenvalue weighted by Crippen LogP contribution is -2.47. The van der Waals surface area contributed by atoms with E-state index >= 15 is 0 Å². The van der Waals surface area contributed by atoms with Crippen molar-refractivity contribution in [3.05, 3.63) is 29.8 Å². The first kappa shape index (κ1) is 18.5. The highest BCUT2D eigenvalue weighted by molar-refractivity contribution is 5.95. The van der Waals surface area contributed by atoms with Gasteiger partial charge in [-0.2, -0.15) is 0 Å². The van der Waals surface area contributed by atoms with Gasteiger partial charge >= 0.3 is 0 Å². The lowest BCUT2D eigenvalue weighted by atomic mass is 9.95. The smallest absolute Gasteiger partial charge is 0.241 e. The molecule has 2 amide bonds. The van der Waals surface area contributed by atoms with Crippen LogP contribution in [0.2, 0.25) is 0 Å². The minimum absolute atomic E-state index is 0.00304. The molecule has 132 valence electrons. The summed E-state index contributed by atoms with van der Waals surface area (Å²) in [5.41, 5.74) is 7.44. The summed E-state index contributed by atoms with van der Waals surface area (Å²) in [5, 5.41) is 3.08. The molecule has 1 heterocycles. The van der Waals surface area contributed by atoms with Crippen LogP contribution < -0.4 is 11.1 Å². The SMILES string of the molecule is CC[C@@H](C)c1ccccc1NC(=O)[C@@H](C)N1CCC(C(N)=O)CC1. The van der Waals surface area contributed by atoms with Crippen molar-refractivity contribution >= 4 is 17.5 Å². The largest absolute Gasteiger partial charge is 0.369 e. The van der Waals surface area contributed by atoms with E-state index in [0.717, 1.165) is 38.0 Å². The summed E-state index contributed by atoms with van der Waals surface area (Å²) >= 11 is 0. The Bertz CT molecular complexity index is 580. The number of anilines is 1. The quantitative estimate of drug-likeness (QED) is 0.841. The average Bonchev–Trinajstić information content (AvgIpc) is 2.60. The minimum Gasteiger partial charge on any atom is -0.369 e. The maximum absolute atomic E-state index is 12.6. The Morgan fingerprint density at radius 1 is 1.25 bits per heavy atom. The van der Waals surface area contributed by atoms with Crippen LogP contribution in [0.5, 0.6) is 0 Å². The second-order valence-corrected chi connectivity index (χ2v) is 6.77. The average molecular weight is 331 g/mol. The number of piperidine rings is 1. The highest BCUT2D eigenvalue weighted by atomic mass is 16.2. The number of amides is 2. The lowest BCUT2D eigenvalue weighted by Gasteiger charge is -2.34. The van der Waals surface area contributed by atoms with Crippen molar-refractivity contribution in [1.82, 2.24) is 4.90 Å². The molecule has 1 aromatic rings. The molecule has 0 aliphatic carbocycles. The number of carbonyl (C=O) groups excluding carboxylic acids is 2. The number of primary amides is 1. The van der Waals surface area contributed by atoms with Gasteiger partial charge in [0.25, 0.3) is 0 Å². The van der Waals surface area contributed by atoms with E-state index in [4.69, 9.17) is 5.73 Å². The van der Waals surface area contributed by atoms with Gasteiger partial charge in [0.15, 0.2) is 0 Å². The Labute approximate surface area is 144 Å². The molecule has 1 saturated heterocycles. The van der Waals surface area contributed by atoms with Crippen LogP contribution in [0, 0.1) is 5.92 Å². The monoisotopic (exact) mass is 331 g/mol. The molecule has 5 heteroatoms. The molecule has 24 heavy (non-hydrogen) atoms. The number of hydrogen-bond donors (Lipinski definition) is 2. The van der Waals surface area contributed by atoms with Gasteiger partial charge in [0.2, 0.25) is 11.8 Å². The molecule has 0 spiro atoms. The third-order valence-corrected chi connectivity index (χ3v) is 5.22. The normalized spacial score (nSPS) is 18.8. The molecular weight excluding hydrogens is 302 g/mol. The Morgan fingerprint density at radius 3 is 2.46 bits per heavy atom. The molecule has 0 unspecified atom stereocenters. The molecule has 1 aliphatic rings. The van der Waals surface area contributed by atoms with Crippen LogP contribution in [0.4, 0.5) is 5.69 Å². The fraction of sp³-hybridized carbons (Fsp3) is 0.579. The molecule has 0 radical (unpaired) electrons. The van der Waals surface area contributed by atoms with E-state index in [9.17, 15) is 9.59 Å². The number of hydrogen-bond acceptors (Lipinski definition) is 3. The molecule has 1 aliphatic heterocycles. The number of nitrogens with one attached hydrogen (secondary N) is 1. The molecule has 0 aromatic heterocycles. The summed E-state index contributed by atoms with van der Waals surface area (Å²) in [6, 6.07) is 7.78. The van der Waals surface area contributed by atoms with Crippen molar-refractivity contribution in [2.45, 2.75) is 52.0 Å². The second kappa shape index (κ2) is 8.29. The van der Waals surface area contributed by atoms with Crippen molar-refractivity contribution in [2.24, 2.45) is 11.7 Å². The van der Waals surface area contributed by atoms with E-state index in [-0.39, 0.29) is 23.8 Å². The maximum Gasteiger partial charge on any atom is 0.241 e. The van der Waals surface area contributed by atoms with Gasteiger partial charge in [0.05, 0.1) is 6.04 Å². The zero-order chi connectivity index (χ0) is 17.7. The van der Waals surface area contributed by atoms with Crippen LogP contribution >= 0.6 is 0 Å². The number of carbonyl (C=O) groups is 2. The summed E-state index contributed by atoms with van der Waals surface area (Å²) in [6.45, 7) is 7.70. The standard InChI is InChI=1S/C19H29N3O2/c1-4-13(2)16-7-5-6-8-17(16)21-19(24)14(3)22-11-9-15(10-12-22)18(20)23/h5-8,13-15H,4,9-12H2,1-3H3,(H2,20,23)(H,21,24)/t13-,14-/m1/s1. The van der Waals surface area contributed by atoms with Crippen LogP contribution in [0.15, 0.2) is 24.3 Å². The summed E-state index contributed by atoms with van der Waals surface area (Å²) in [5.74, 6) is 0.128. The third kappa shape index (κ3) is 4.35. The third-order valence-electron chi connectivity index (χ3n) is 5.22. The van der Waals surface area contributed by atoms with Gasteiger partial charge in [0.1, 0.15) is 0 Å². The van der Waals surface area contributed by atoms with E-state index in [0.29, 0.717) is 5.92 Å². The molecule has 0 bridgehead atoms. The first-order valence-corrected chi connectivity index (χ1v) is 8.87. The lowest BCUT2D eigenvalue weighted by molar-refractivity contribution is -0.124. The molecule has 0 saturated carbocycles. The number of likely N-dealkylation sites (tertiary alicyclic amines) is 1. The van der Waals surface area contributed by atoms with Gasteiger partial charge < -0.3 is 11.1 Å². The van der Waals surface area contributed by atoms with Crippen molar-refractivity contribution in [1.29, 1.82) is 0 Å². The molecule has 2 atom stereocenters. The van der Waals surface area contributed by atoms with Crippen molar-refractivity contribution in [3.8, 4) is 0 Å². The van der Waals surface area contributed by atoms with Crippen LogP contribution in [0.3, 0.4) is 0 Å². The topological polar surface area (TPSA) is 75.4 Å². The summed E-state index contributed by atoms with van der Waals surface area (Å²) in [6.07, 6.45) is 2.50. The predicted octanol–water partition coefficient (Wildman–Crippen LogP) is 2.72. The molecule has 2 rings (SSSR count). The summed E-state index contributed by atoms with van der Waals surface area (Å²) in [7, 11) is 0. The van der Waals surface area contributed by atoms with Crippen molar-refractivity contribution in [3.63, 3.8) is 0 Å². The maximum atomic E-state index is 12.6. The number of nitrogens with two attached hydrogens (primary N) is 1. The Morgan fingerprint density at radius 2 is 1.88 bits per heavy atom. The van der Waals surface area contributed by atoms with Gasteiger partial charge in [0, 0.05) is 11.6 Å². The molecule has 1 aromatic carbocycles. The first-order valence-electron chi connectivity index (χ1n) is 8.87. The Kier molecular flexibility index (Phi) is 6.37. The molecular formula is C19H29N3O2. The fourth-order valence-corrected chi connectivity index (χ4v) is 3.23. The van der Waals surface area contributed by atoms with Gasteiger partial charge in [-0.3, -0.25) is 14.5 Å². The Hall–Kier alpha value is -1.88. The van der Waals surface area contributed by atoms with Crippen molar-refractivity contribution in [2.75, 3.05) is 18.4 Å². The highest BCUT2D eigenvalue weighted by Crippen LogP contribution is 2.27. The van der Waals surface area contributed by atoms with Gasteiger partial charge in [-0.05, 0) is 56.8 Å². The highest BCUT2D eigenvalue weighted by Gasteiger charge is 2.29. The van der Waals surface area contributed by atoms with Gasteiger partial charge in [-0.25, -0.2) is 0 Å². The summed E-state index contributed by atoms with van der Waals surface area (Å²) in [4.78, 5) is 26.0. The first-order chi connectivity index (χ1) is 11.4. The molecule has 1 fully saturated rings. The predicted molar refractivity (Wildman–Crippen MR) is 96.7 cm³/mol. The zero-order valence-electron chi connectivity index (χ0n) is 14.9. The fourth-order valence-electron chi connectivity index (χ4n) is 3.23. The van der Waals surface area contributed by atoms with Gasteiger partial charge in [-0.15, -0.1) is 0 Å². The van der Waals surface area contributed by atoms with Crippen LogP contribution in [-0.4, -0.2) is 35.8 Å². The van der Waals surface area contributed by atoms with Gasteiger partial charge in [-0.1, -0.05) is 32.0 Å². The second-order valence-electron chi connectivity index (χ2n) is 6.77. The van der Waals surface area contributed by atoms with E-state index in [1.54, 1.807) is 0 Å². The van der Waals surface area contributed by atoms with Crippen LogP contribution in [0.25, 0.3) is 0 Å². The van der Waals surface area contributed by atoms with Crippen LogP contribution in [-0.2, 0) is 9.59 Å². The zero-order valence-corrected chi connectivity index (χ0v) is 14.9. The molecule has 3 N–H and O–H groups in total. The number of nitrogens with zero attached hydrogens (tertiary/aromatic N) is 1. The van der Waals surface area contributed by atoms with Crippen LogP contribution in [0.1, 0.15) is 51.5 Å². The van der Waals surface area contributed by atoms with E-state index in [2.05, 4.69) is 30.1 Å². The number of rotatable bonds is 6. The van der Waals surface area contributed by atoms with E-state index < -0.39 is 0 Å². The number of benzene rings is 1. The minimum atomic E-state index is -0.228. The number of para-hydroxylation sites is 1. The van der Waals surface area contributed by atoms with E-state index in [1.165, 1.54) is 5.56 Å². The Balaban J connectivity index is 1.99. The molecule has 5 nitrogen and oxygen atoms in total. The summed E-state index contributed by atoms with van der Waals surface area (Å²) < 4.78 is 0.